The summed E-state index contributed by atoms with van der Waals surface area (Å²) in [5.41, 5.74) is 0.331. The first-order valence-electron chi connectivity index (χ1n) is 12.5. The Balaban J connectivity index is 1.74. The molecule has 3 amide bonds. The molecule has 2 aliphatic rings. The van der Waals surface area contributed by atoms with Gasteiger partial charge in [0.15, 0.2) is 0 Å². The number of methoxy groups -OCH3 is 1. The minimum atomic E-state index is -5.24. The molecule has 0 unspecified atom stereocenters. The second-order valence-corrected chi connectivity index (χ2v) is 10.3. The number of halogens is 3. The highest BCUT2D eigenvalue weighted by Gasteiger charge is 2.57. The number of nitrogens with zero attached hydrogens (tertiary/aromatic N) is 3. The van der Waals surface area contributed by atoms with Crippen LogP contribution in [0, 0.1) is 17.2 Å². The van der Waals surface area contributed by atoms with E-state index in [0.29, 0.717) is 27.5 Å². The third-order valence-electron chi connectivity index (χ3n) is 7.26. The van der Waals surface area contributed by atoms with Gasteiger partial charge < -0.3 is 19.9 Å². The molecule has 2 aliphatic heterocycles. The van der Waals surface area contributed by atoms with E-state index in [4.69, 9.17) is 4.74 Å². The van der Waals surface area contributed by atoms with E-state index in [2.05, 4.69) is 11.4 Å². The summed E-state index contributed by atoms with van der Waals surface area (Å²) in [6.07, 6.45) is -5.32. The molecule has 1 N–H and O–H groups in total. The zero-order valence-corrected chi connectivity index (χ0v) is 21.8. The monoisotopic (exact) mass is 542 g/mol. The van der Waals surface area contributed by atoms with E-state index in [-0.39, 0.29) is 31.2 Å². The van der Waals surface area contributed by atoms with Crippen molar-refractivity contribution in [1.82, 2.24) is 9.80 Å². The number of para-hydroxylation sites is 1. The molecule has 2 aromatic carbocycles. The van der Waals surface area contributed by atoms with Crippen molar-refractivity contribution in [1.29, 1.82) is 5.26 Å². The van der Waals surface area contributed by atoms with Crippen molar-refractivity contribution >= 4 is 23.4 Å². The first-order valence-corrected chi connectivity index (χ1v) is 12.5. The molecule has 0 aliphatic carbocycles. The van der Waals surface area contributed by atoms with Crippen LogP contribution in [0.1, 0.15) is 37.8 Å². The van der Waals surface area contributed by atoms with Gasteiger partial charge in [-0.15, -0.1) is 0 Å². The van der Waals surface area contributed by atoms with E-state index in [1.54, 1.807) is 56.3 Å². The lowest BCUT2D eigenvalue weighted by Gasteiger charge is -2.36. The van der Waals surface area contributed by atoms with Crippen molar-refractivity contribution in [2.45, 2.75) is 56.9 Å². The fourth-order valence-electron chi connectivity index (χ4n) is 5.44. The highest BCUT2D eigenvalue weighted by Crippen LogP contribution is 2.46. The molecule has 39 heavy (non-hydrogen) atoms. The molecule has 206 valence electrons. The summed E-state index contributed by atoms with van der Waals surface area (Å²) >= 11 is 0. The third-order valence-corrected chi connectivity index (χ3v) is 7.26. The number of rotatable bonds is 7. The van der Waals surface area contributed by atoms with Crippen LogP contribution in [0.25, 0.3) is 0 Å². The molecule has 4 rings (SSSR count). The van der Waals surface area contributed by atoms with Gasteiger partial charge in [-0.25, -0.2) is 0 Å². The average molecular weight is 543 g/mol. The van der Waals surface area contributed by atoms with Crippen LogP contribution in [-0.2, 0) is 26.3 Å². The van der Waals surface area contributed by atoms with Crippen LogP contribution in [0.15, 0.2) is 48.5 Å². The van der Waals surface area contributed by atoms with Crippen LogP contribution in [-0.4, -0.2) is 59.4 Å². The molecule has 0 aromatic heterocycles. The van der Waals surface area contributed by atoms with Crippen LogP contribution in [0.4, 0.5) is 18.9 Å². The maximum absolute atomic E-state index is 14.1. The van der Waals surface area contributed by atoms with Gasteiger partial charge in [0.25, 0.3) is 0 Å². The Morgan fingerprint density at radius 2 is 1.95 bits per heavy atom. The Morgan fingerprint density at radius 3 is 2.59 bits per heavy atom. The predicted octanol–water partition coefficient (Wildman–Crippen LogP) is 4.02. The van der Waals surface area contributed by atoms with Crippen LogP contribution in [0.5, 0.6) is 5.75 Å². The molecular formula is C28H29F3N4O4. The number of hydrogen-bond acceptors (Lipinski definition) is 5. The summed E-state index contributed by atoms with van der Waals surface area (Å²) in [6.45, 7) is 2.78. The fourth-order valence-corrected chi connectivity index (χ4v) is 5.44. The quantitative estimate of drug-likeness (QED) is 0.570. The standard InChI is InChI=1S/C28H29F3N4O4/c1-17(2)11-23(34(26(38)28(29,30)31)15-18-7-6-8-20(12-18)39-3)24(36)35-16-27(13-19(35)14-32)21-9-4-5-10-22(21)33-25(27)37/h4-10,12,17,19,23H,11,13,15-16H2,1-3H3,(H,33,37)/t19-,23-,27-/m0/s1. The van der Waals surface area contributed by atoms with Crippen LogP contribution >= 0.6 is 0 Å². The normalized spacial score (nSPS) is 20.9. The minimum Gasteiger partial charge on any atom is -0.497 e. The molecule has 0 bridgehead atoms. The number of nitrogens with one attached hydrogen (secondary N) is 1. The lowest BCUT2D eigenvalue weighted by atomic mass is 9.80. The number of nitriles is 1. The van der Waals surface area contributed by atoms with Crippen LogP contribution < -0.4 is 10.1 Å². The number of benzene rings is 2. The number of anilines is 1. The topological polar surface area (TPSA) is 103 Å². The molecule has 11 heteroatoms. The van der Waals surface area contributed by atoms with E-state index in [0.717, 1.165) is 4.90 Å². The smallest absolute Gasteiger partial charge is 0.471 e. The Morgan fingerprint density at radius 1 is 1.23 bits per heavy atom. The maximum atomic E-state index is 14.1. The molecule has 3 atom stereocenters. The number of carbonyl (C=O) groups excluding carboxylic acids is 3. The number of amides is 3. The van der Waals surface area contributed by atoms with Gasteiger partial charge in [0.1, 0.15) is 17.8 Å². The summed E-state index contributed by atoms with van der Waals surface area (Å²) in [5.74, 6) is -3.21. The van der Waals surface area contributed by atoms with Crippen molar-refractivity contribution in [3.05, 3.63) is 59.7 Å². The van der Waals surface area contributed by atoms with Gasteiger partial charge in [0, 0.05) is 25.2 Å². The molecule has 1 spiro atoms. The largest absolute Gasteiger partial charge is 0.497 e. The molecule has 1 saturated heterocycles. The van der Waals surface area contributed by atoms with Crippen molar-refractivity contribution in [2.24, 2.45) is 5.92 Å². The highest BCUT2D eigenvalue weighted by molar-refractivity contribution is 6.07. The number of likely N-dealkylation sites (tertiary alicyclic amines) is 1. The Kier molecular flexibility index (Phi) is 7.59. The van der Waals surface area contributed by atoms with Crippen LogP contribution in [0.3, 0.4) is 0 Å². The number of ether oxygens (including phenoxy) is 1. The van der Waals surface area contributed by atoms with E-state index in [9.17, 15) is 32.8 Å². The van der Waals surface area contributed by atoms with E-state index in [1.807, 2.05) is 0 Å². The Bertz CT molecular complexity index is 1320. The van der Waals surface area contributed by atoms with Crippen molar-refractivity contribution in [3.8, 4) is 11.8 Å². The molecular weight excluding hydrogens is 513 g/mol. The van der Waals surface area contributed by atoms with Gasteiger partial charge in [-0.3, -0.25) is 14.4 Å². The molecule has 0 radical (unpaired) electrons. The van der Waals surface area contributed by atoms with E-state index >= 15 is 0 Å². The first-order chi connectivity index (χ1) is 18.4. The Hall–Kier alpha value is -4.07. The first kappa shape index (κ1) is 28.0. The number of fused-ring (bicyclic) bond motifs is 2. The van der Waals surface area contributed by atoms with Crippen molar-refractivity contribution < 1.29 is 32.3 Å². The summed E-state index contributed by atoms with van der Waals surface area (Å²) in [5, 5.41) is 12.7. The number of carbonyl (C=O) groups is 3. The molecule has 2 heterocycles. The maximum Gasteiger partial charge on any atom is 0.471 e. The van der Waals surface area contributed by atoms with Crippen molar-refractivity contribution in [2.75, 3.05) is 19.0 Å². The summed E-state index contributed by atoms with van der Waals surface area (Å²) in [7, 11) is 1.41. The Labute approximate surface area is 224 Å². The summed E-state index contributed by atoms with van der Waals surface area (Å²) in [4.78, 5) is 41.6. The van der Waals surface area contributed by atoms with Gasteiger partial charge in [-0.05, 0) is 41.7 Å². The highest BCUT2D eigenvalue weighted by atomic mass is 19.4. The van der Waals surface area contributed by atoms with E-state index < -0.39 is 42.0 Å². The summed E-state index contributed by atoms with van der Waals surface area (Å²) in [6, 6.07) is 12.6. The fraction of sp³-hybridized carbons (Fsp3) is 0.429. The van der Waals surface area contributed by atoms with Crippen molar-refractivity contribution in [3.63, 3.8) is 0 Å². The van der Waals surface area contributed by atoms with E-state index in [1.165, 1.54) is 13.2 Å². The van der Waals surface area contributed by atoms with Gasteiger partial charge in [-0.2, -0.15) is 18.4 Å². The molecule has 0 saturated carbocycles. The lowest BCUT2D eigenvalue weighted by molar-refractivity contribution is -0.190. The summed E-state index contributed by atoms with van der Waals surface area (Å²) < 4.78 is 46.7. The third kappa shape index (κ3) is 5.28. The number of hydrogen-bond donors (Lipinski definition) is 1. The minimum absolute atomic E-state index is 0.00438. The second kappa shape index (κ2) is 10.6. The SMILES string of the molecule is COc1cccc(CN(C(=O)C(F)(F)F)[C@@H](CC(C)C)C(=O)N2C[C@]3(C[C@H]2C#N)C(=O)Nc2ccccc23)c1. The van der Waals surface area contributed by atoms with Gasteiger partial charge in [0.05, 0.1) is 18.6 Å². The lowest BCUT2D eigenvalue weighted by Crippen LogP contribution is -2.55. The molecule has 2 aromatic rings. The number of alkyl halides is 3. The zero-order chi connectivity index (χ0) is 28.5. The second-order valence-electron chi connectivity index (χ2n) is 10.3. The predicted molar refractivity (Wildman–Crippen MR) is 135 cm³/mol. The van der Waals surface area contributed by atoms with Gasteiger partial charge in [0.2, 0.25) is 11.8 Å². The average Bonchev–Trinajstić information content (AvgIpc) is 3.42. The van der Waals surface area contributed by atoms with Gasteiger partial charge in [-0.1, -0.05) is 44.2 Å². The zero-order valence-electron chi connectivity index (χ0n) is 21.8. The molecule has 8 nitrogen and oxygen atoms in total. The van der Waals surface area contributed by atoms with Gasteiger partial charge >= 0.3 is 12.1 Å². The molecule has 1 fully saturated rings. The van der Waals surface area contributed by atoms with Crippen LogP contribution in [0.2, 0.25) is 0 Å².